The molecule has 0 radical (unpaired) electrons. The Morgan fingerprint density at radius 1 is 0.750 bits per heavy atom. The van der Waals surface area contributed by atoms with Gasteiger partial charge in [-0.1, -0.05) is 60.7 Å². The van der Waals surface area contributed by atoms with E-state index in [1.54, 1.807) is 36.4 Å². The first-order chi connectivity index (χ1) is 21.3. The number of rotatable bonds is 10. The summed E-state index contributed by atoms with van der Waals surface area (Å²) in [6.07, 6.45) is 1.65. The van der Waals surface area contributed by atoms with E-state index in [1.165, 1.54) is 23.1 Å². The molecular weight excluding hydrogens is 587 g/mol. The molecule has 0 aliphatic carbocycles. The average molecular weight is 618 g/mol. The maximum atomic E-state index is 13.6. The fraction of sp³-hybridized carbons (Fsp3) is 0.0833. The predicted octanol–water partition coefficient (Wildman–Crippen LogP) is 8.25. The molecule has 3 amide bonds. The molecule has 8 heteroatoms. The van der Waals surface area contributed by atoms with Crippen LogP contribution in [0.3, 0.4) is 0 Å². The molecule has 0 spiro atoms. The van der Waals surface area contributed by atoms with Gasteiger partial charge in [0, 0.05) is 21.8 Å². The van der Waals surface area contributed by atoms with Crippen molar-refractivity contribution >= 4 is 58.3 Å². The normalized spacial score (nSPS) is 11.8. The van der Waals surface area contributed by atoms with Crippen LogP contribution in [0.1, 0.15) is 37.9 Å². The molecule has 1 unspecified atom stereocenters. The van der Waals surface area contributed by atoms with Crippen molar-refractivity contribution in [2.24, 2.45) is 0 Å². The number of carbonyl (C=O) groups is 3. The van der Waals surface area contributed by atoms with E-state index in [9.17, 15) is 14.4 Å². The zero-order valence-corrected chi connectivity index (χ0v) is 25.9. The van der Waals surface area contributed by atoms with Crippen LogP contribution in [0.25, 0.3) is 6.08 Å². The number of thioether (sulfide) groups is 1. The van der Waals surface area contributed by atoms with Gasteiger partial charge in [-0.15, -0.1) is 11.8 Å². The largest absolute Gasteiger partial charge is 0.325 e. The van der Waals surface area contributed by atoms with E-state index in [-0.39, 0.29) is 17.5 Å². The Balaban J connectivity index is 1.36. The van der Waals surface area contributed by atoms with E-state index in [0.29, 0.717) is 11.3 Å². The van der Waals surface area contributed by atoms with Crippen molar-refractivity contribution in [3.63, 3.8) is 0 Å². The second-order valence-corrected chi connectivity index (χ2v) is 12.1. The highest BCUT2D eigenvalue weighted by molar-refractivity contribution is 8.00. The Labute approximate surface area is 265 Å². The summed E-state index contributed by atoms with van der Waals surface area (Å²) < 4.78 is 0. The summed E-state index contributed by atoms with van der Waals surface area (Å²) in [6.45, 7) is 4.00. The van der Waals surface area contributed by atoms with E-state index >= 15 is 0 Å². The topological polar surface area (TPSA) is 87.3 Å². The number of carbonyl (C=O) groups excluding carboxylic acids is 3. The van der Waals surface area contributed by atoms with Crippen LogP contribution in [-0.2, 0) is 9.59 Å². The Morgan fingerprint density at radius 2 is 1.45 bits per heavy atom. The van der Waals surface area contributed by atoms with Crippen molar-refractivity contribution in [3.8, 4) is 0 Å². The quantitative estimate of drug-likeness (QED) is 0.109. The first-order valence-electron chi connectivity index (χ1n) is 14.0. The molecule has 0 saturated carbocycles. The Kier molecular flexibility index (Phi) is 10.1. The average Bonchev–Trinajstić information content (AvgIpc) is 3.53. The third-order valence-corrected chi connectivity index (χ3v) is 8.51. The smallest absolute Gasteiger partial charge is 0.272 e. The molecule has 44 heavy (non-hydrogen) atoms. The molecule has 220 valence electrons. The molecule has 5 rings (SSSR count). The monoisotopic (exact) mass is 617 g/mol. The van der Waals surface area contributed by atoms with Gasteiger partial charge in [-0.3, -0.25) is 14.4 Å². The van der Waals surface area contributed by atoms with E-state index in [0.717, 1.165) is 32.8 Å². The zero-order chi connectivity index (χ0) is 30.9. The molecule has 0 fully saturated rings. The van der Waals surface area contributed by atoms with Crippen LogP contribution < -0.4 is 16.0 Å². The second-order valence-electron chi connectivity index (χ2n) is 10.2. The van der Waals surface area contributed by atoms with Crippen molar-refractivity contribution in [1.82, 2.24) is 5.32 Å². The van der Waals surface area contributed by atoms with Crippen LogP contribution in [-0.4, -0.2) is 17.7 Å². The third-order valence-electron chi connectivity index (χ3n) is 6.56. The summed E-state index contributed by atoms with van der Waals surface area (Å²) in [7, 11) is 0. The fourth-order valence-corrected chi connectivity index (χ4v) is 6.30. The van der Waals surface area contributed by atoms with Gasteiger partial charge in [-0.2, -0.15) is 11.3 Å². The minimum atomic E-state index is -0.540. The summed E-state index contributed by atoms with van der Waals surface area (Å²) in [6, 6.07) is 33.5. The molecule has 1 atom stereocenters. The van der Waals surface area contributed by atoms with Crippen LogP contribution in [0.5, 0.6) is 0 Å². The van der Waals surface area contributed by atoms with Gasteiger partial charge in [0.2, 0.25) is 5.91 Å². The number of benzene rings is 4. The minimum Gasteiger partial charge on any atom is -0.325 e. The maximum Gasteiger partial charge on any atom is 0.272 e. The zero-order valence-electron chi connectivity index (χ0n) is 24.2. The lowest BCUT2D eigenvalue weighted by atomic mass is 10.1. The van der Waals surface area contributed by atoms with Gasteiger partial charge in [-0.05, 0) is 101 Å². The molecule has 0 aliphatic rings. The summed E-state index contributed by atoms with van der Waals surface area (Å²) in [5.41, 5.74) is 5.65. The summed E-state index contributed by atoms with van der Waals surface area (Å²) in [5, 5.41) is 12.0. The number of thiophene rings is 1. The summed E-state index contributed by atoms with van der Waals surface area (Å²) >= 11 is 2.89. The van der Waals surface area contributed by atoms with Crippen molar-refractivity contribution in [2.75, 3.05) is 10.6 Å². The van der Waals surface area contributed by atoms with Crippen molar-refractivity contribution in [2.45, 2.75) is 24.0 Å². The van der Waals surface area contributed by atoms with Gasteiger partial charge in [0.15, 0.2) is 0 Å². The number of nitrogens with one attached hydrogen (secondary N) is 3. The highest BCUT2D eigenvalue weighted by Gasteiger charge is 2.23. The van der Waals surface area contributed by atoms with E-state index in [2.05, 4.69) is 22.0 Å². The van der Waals surface area contributed by atoms with Crippen molar-refractivity contribution in [1.29, 1.82) is 0 Å². The molecule has 0 bridgehead atoms. The predicted molar refractivity (Wildman–Crippen MR) is 181 cm³/mol. The van der Waals surface area contributed by atoms with Crippen LogP contribution in [0.4, 0.5) is 11.4 Å². The highest BCUT2D eigenvalue weighted by Crippen LogP contribution is 2.37. The SMILES string of the molecule is Cc1cc(C)cc(NC(=O)C(Sc2cccc(NC(=O)/C(=C/c3ccsc3)NC(=O)c3ccccc3)c2)c2ccccc2)c1. The highest BCUT2D eigenvalue weighted by atomic mass is 32.2. The van der Waals surface area contributed by atoms with Crippen LogP contribution in [0.15, 0.2) is 131 Å². The third kappa shape index (κ3) is 8.34. The van der Waals surface area contributed by atoms with Crippen molar-refractivity contribution < 1.29 is 14.4 Å². The Morgan fingerprint density at radius 3 is 2.14 bits per heavy atom. The van der Waals surface area contributed by atoms with Gasteiger partial charge < -0.3 is 16.0 Å². The summed E-state index contributed by atoms with van der Waals surface area (Å²) in [4.78, 5) is 40.8. The fourth-order valence-electron chi connectivity index (χ4n) is 4.60. The summed E-state index contributed by atoms with van der Waals surface area (Å²) in [5.74, 6) is -0.993. The van der Waals surface area contributed by atoms with Crippen molar-refractivity contribution in [3.05, 3.63) is 153 Å². The Bertz CT molecular complexity index is 1770. The molecule has 1 aromatic heterocycles. The van der Waals surface area contributed by atoms with Gasteiger partial charge in [0.05, 0.1) is 0 Å². The Hall–Kier alpha value is -4.92. The van der Waals surface area contributed by atoms with E-state index < -0.39 is 11.2 Å². The lowest BCUT2D eigenvalue weighted by Crippen LogP contribution is -2.30. The van der Waals surface area contributed by atoms with Crippen LogP contribution in [0.2, 0.25) is 0 Å². The molecule has 1 heterocycles. The first-order valence-corrected chi connectivity index (χ1v) is 15.8. The number of hydrogen-bond acceptors (Lipinski definition) is 5. The van der Waals surface area contributed by atoms with Crippen LogP contribution >= 0.6 is 23.1 Å². The molecule has 3 N–H and O–H groups in total. The number of aryl methyl sites for hydroxylation is 2. The van der Waals surface area contributed by atoms with Gasteiger partial charge in [-0.25, -0.2) is 0 Å². The number of anilines is 2. The molecule has 0 aliphatic heterocycles. The number of hydrogen-bond donors (Lipinski definition) is 3. The van der Waals surface area contributed by atoms with Crippen LogP contribution in [0, 0.1) is 13.8 Å². The molecule has 4 aromatic carbocycles. The van der Waals surface area contributed by atoms with Gasteiger partial charge in [0.25, 0.3) is 11.8 Å². The maximum absolute atomic E-state index is 13.6. The van der Waals surface area contributed by atoms with E-state index in [1.807, 2.05) is 97.4 Å². The van der Waals surface area contributed by atoms with Gasteiger partial charge >= 0.3 is 0 Å². The second kappa shape index (κ2) is 14.5. The first kappa shape index (κ1) is 30.5. The minimum absolute atomic E-state index is 0.116. The number of amides is 3. The molecule has 0 saturated heterocycles. The molecule has 5 aromatic rings. The van der Waals surface area contributed by atoms with E-state index in [4.69, 9.17) is 0 Å². The molecular formula is C36H31N3O3S2. The standard InChI is InChI=1S/C36H31N3O3S2/c1-24-18-25(2)20-30(19-24)38-36(42)33(27-10-5-3-6-11-27)44-31-15-9-14-29(22-31)37-35(41)32(21-26-16-17-43-23-26)39-34(40)28-12-7-4-8-13-28/h3-23,33H,1-2H3,(H,37,41)(H,38,42)(H,39,40)/b32-21-. The molecule has 6 nitrogen and oxygen atoms in total. The van der Waals surface area contributed by atoms with Gasteiger partial charge in [0.1, 0.15) is 10.9 Å². The lowest BCUT2D eigenvalue weighted by molar-refractivity contribution is -0.116. The lowest BCUT2D eigenvalue weighted by Gasteiger charge is -2.18.